The molecular formula is C21H21N3O4S. The van der Waals surface area contributed by atoms with Crippen LogP contribution in [0.15, 0.2) is 60.0 Å². The van der Waals surface area contributed by atoms with Crippen LogP contribution >= 0.6 is 11.3 Å². The number of hydrogen-bond acceptors (Lipinski definition) is 5. The fraction of sp³-hybridized carbons (Fsp3) is 0.143. The van der Waals surface area contributed by atoms with Crippen LogP contribution in [0.25, 0.3) is 0 Å². The Hall–Kier alpha value is -3.52. The van der Waals surface area contributed by atoms with Crippen molar-refractivity contribution in [3.8, 4) is 11.5 Å². The quantitative estimate of drug-likeness (QED) is 0.540. The van der Waals surface area contributed by atoms with Crippen molar-refractivity contribution in [2.45, 2.75) is 6.54 Å². The van der Waals surface area contributed by atoms with Crippen LogP contribution < -0.4 is 25.4 Å². The minimum absolute atomic E-state index is 0.188. The molecule has 7 nitrogen and oxygen atoms in total. The molecule has 0 saturated carbocycles. The van der Waals surface area contributed by atoms with Gasteiger partial charge in [0.15, 0.2) is 0 Å². The van der Waals surface area contributed by atoms with Gasteiger partial charge in [0.1, 0.15) is 11.5 Å². The lowest BCUT2D eigenvalue weighted by Crippen LogP contribution is -2.28. The van der Waals surface area contributed by atoms with Gasteiger partial charge >= 0.3 is 6.03 Å². The highest BCUT2D eigenvalue weighted by molar-refractivity contribution is 7.12. The van der Waals surface area contributed by atoms with Gasteiger partial charge in [-0.3, -0.25) is 4.79 Å². The van der Waals surface area contributed by atoms with Gasteiger partial charge < -0.3 is 25.4 Å². The first-order valence-corrected chi connectivity index (χ1v) is 9.67. The summed E-state index contributed by atoms with van der Waals surface area (Å²) in [6, 6.07) is 15.5. The number of urea groups is 1. The standard InChI is InChI=1S/C21H21N3O4S/c1-27-17-8-9-18(28-2)14(11-17)13-22-21(26)24-16-6-3-5-15(12-16)23-20(25)19-7-4-10-29-19/h3-12H,13H2,1-2H3,(H,23,25)(H2,22,24,26). The van der Waals surface area contributed by atoms with Crippen molar-refractivity contribution in [1.82, 2.24) is 5.32 Å². The summed E-state index contributed by atoms with van der Waals surface area (Å²) in [4.78, 5) is 25.1. The smallest absolute Gasteiger partial charge is 0.319 e. The highest BCUT2D eigenvalue weighted by Crippen LogP contribution is 2.24. The van der Waals surface area contributed by atoms with Gasteiger partial charge in [0, 0.05) is 23.5 Å². The number of nitrogens with one attached hydrogen (secondary N) is 3. The average Bonchev–Trinajstić information content (AvgIpc) is 3.27. The molecule has 3 rings (SSSR count). The third-order valence-corrected chi connectivity index (χ3v) is 4.92. The van der Waals surface area contributed by atoms with Crippen molar-refractivity contribution in [3.63, 3.8) is 0 Å². The molecule has 8 heteroatoms. The number of hydrogen-bond donors (Lipinski definition) is 3. The lowest BCUT2D eigenvalue weighted by atomic mass is 10.2. The number of thiophene rings is 1. The van der Waals surface area contributed by atoms with Crippen LogP contribution in [0.3, 0.4) is 0 Å². The molecule has 0 atom stereocenters. The van der Waals surface area contributed by atoms with Crippen molar-refractivity contribution < 1.29 is 19.1 Å². The van der Waals surface area contributed by atoms with E-state index < -0.39 is 0 Å². The van der Waals surface area contributed by atoms with Crippen LogP contribution in [0.1, 0.15) is 15.2 Å². The number of rotatable bonds is 7. The van der Waals surface area contributed by atoms with Crippen LogP contribution in [0.5, 0.6) is 11.5 Å². The molecule has 1 aromatic heterocycles. The van der Waals surface area contributed by atoms with Gasteiger partial charge in [0.05, 0.1) is 19.1 Å². The SMILES string of the molecule is COc1ccc(OC)c(CNC(=O)Nc2cccc(NC(=O)c3cccs3)c2)c1. The summed E-state index contributed by atoms with van der Waals surface area (Å²) in [6.45, 7) is 0.265. The van der Waals surface area contributed by atoms with Gasteiger partial charge in [0.25, 0.3) is 5.91 Å². The number of anilines is 2. The van der Waals surface area contributed by atoms with Crippen LogP contribution in [-0.4, -0.2) is 26.2 Å². The molecule has 0 aliphatic rings. The molecule has 0 bridgehead atoms. The van der Waals surface area contributed by atoms with Crippen LogP contribution in [0.2, 0.25) is 0 Å². The van der Waals surface area contributed by atoms with E-state index in [1.54, 1.807) is 62.8 Å². The zero-order valence-corrected chi connectivity index (χ0v) is 16.8. The largest absolute Gasteiger partial charge is 0.497 e. The predicted octanol–water partition coefficient (Wildman–Crippen LogP) is 4.34. The number of carbonyl (C=O) groups excluding carboxylic acids is 2. The van der Waals surface area contributed by atoms with Crippen molar-refractivity contribution in [1.29, 1.82) is 0 Å². The molecule has 3 amide bonds. The van der Waals surface area contributed by atoms with Crippen molar-refractivity contribution in [2.24, 2.45) is 0 Å². The minimum Gasteiger partial charge on any atom is -0.497 e. The summed E-state index contributed by atoms with van der Waals surface area (Å²) >= 11 is 1.36. The van der Waals surface area contributed by atoms with Gasteiger partial charge in [-0.25, -0.2) is 4.79 Å². The molecule has 3 N–H and O–H groups in total. The Morgan fingerprint density at radius 1 is 0.931 bits per heavy atom. The number of amides is 3. The van der Waals surface area contributed by atoms with E-state index in [4.69, 9.17) is 9.47 Å². The van der Waals surface area contributed by atoms with E-state index in [0.717, 1.165) is 5.56 Å². The van der Waals surface area contributed by atoms with Gasteiger partial charge in [-0.15, -0.1) is 11.3 Å². The van der Waals surface area contributed by atoms with Gasteiger partial charge in [-0.05, 0) is 47.8 Å². The zero-order valence-electron chi connectivity index (χ0n) is 16.0. The fourth-order valence-electron chi connectivity index (χ4n) is 2.65. The lowest BCUT2D eigenvalue weighted by Gasteiger charge is -2.12. The Balaban J connectivity index is 1.59. The van der Waals surface area contributed by atoms with E-state index in [9.17, 15) is 9.59 Å². The zero-order chi connectivity index (χ0) is 20.6. The Kier molecular flexibility index (Phi) is 6.70. The van der Waals surface area contributed by atoms with Crippen LogP contribution in [0.4, 0.5) is 16.2 Å². The van der Waals surface area contributed by atoms with Gasteiger partial charge in [0.2, 0.25) is 0 Å². The average molecular weight is 411 g/mol. The molecule has 1 heterocycles. The molecule has 29 heavy (non-hydrogen) atoms. The summed E-state index contributed by atoms with van der Waals surface area (Å²) in [5.74, 6) is 1.15. The third kappa shape index (κ3) is 5.49. The summed E-state index contributed by atoms with van der Waals surface area (Å²) < 4.78 is 10.5. The van der Waals surface area contributed by atoms with Gasteiger partial charge in [-0.2, -0.15) is 0 Å². The van der Waals surface area contributed by atoms with E-state index >= 15 is 0 Å². The normalized spacial score (nSPS) is 10.1. The molecule has 0 radical (unpaired) electrons. The monoisotopic (exact) mass is 411 g/mol. The topological polar surface area (TPSA) is 88.7 Å². The number of methoxy groups -OCH3 is 2. The maximum Gasteiger partial charge on any atom is 0.319 e. The second kappa shape index (κ2) is 9.61. The van der Waals surface area contributed by atoms with E-state index in [2.05, 4.69) is 16.0 Å². The Morgan fingerprint density at radius 2 is 1.72 bits per heavy atom. The second-order valence-electron chi connectivity index (χ2n) is 6.00. The van der Waals surface area contributed by atoms with Crippen molar-refractivity contribution >= 4 is 34.6 Å². The third-order valence-electron chi connectivity index (χ3n) is 4.05. The summed E-state index contributed by atoms with van der Waals surface area (Å²) in [6.07, 6.45) is 0. The molecule has 0 fully saturated rings. The molecule has 3 aromatic rings. The first-order chi connectivity index (χ1) is 14.1. The maximum absolute atomic E-state index is 12.3. The molecule has 0 spiro atoms. The van der Waals surface area contributed by atoms with E-state index in [1.807, 2.05) is 11.4 Å². The summed E-state index contributed by atoms with van der Waals surface area (Å²) in [5, 5.41) is 10.2. The molecule has 0 saturated heterocycles. The predicted molar refractivity (Wildman–Crippen MR) is 114 cm³/mol. The number of ether oxygens (including phenoxy) is 2. The van der Waals surface area contributed by atoms with E-state index in [-0.39, 0.29) is 18.5 Å². The van der Waals surface area contributed by atoms with Crippen LogP contribution in [0, 0.1) is 0 Å². The van der Waals surface area contributed by atoms with E-state index in [1.165, 1.54) is 11.3 Å². The first-order valence-electron chi connectivity index (χ1n) is 8.79. The van der Waals surface area contributed by atoms with Crippen molar-refractivity contribution in [3.05, 3.63) is 70.4 Å². The highest BCUT2D eigenvalue weighted by atomic mass is 32.1. The Morgan fingerprint density at radius 3 is 2.41 bits per heavy atom. The fourth-order valence-corrected chi connectivity index (χ4v) is 3.26. The minimum atomic E-state index is -0.378. The number of benzene rings is 2. The molecule has 2 aromatic carbocycles. The summed E-state index contributed by atoms with van der Waals surface area (Å²) in [7, 11) is 3.15. The molecule has 150 valence electrons. The maximum atomic E-state index is 12.3. The Labute approximate surface area is 172 Å². The molecule has 0 unspecified atom stereocenters. The molecular weight excluding hydrogens is 390 g/mol. The first kappa shape index (κ1) is 20.2. The van der Waals surface area contributed by atoms with Crippen LogP contribution in [-0.2, 0) is 6.54 Å². The van der Waals surface area contributed by atoms with E-state index in [0.29, 0.717) is 27.8 Å². The lowest BCUT2D eigenvalue weighted by molar-refractivity contribution is 0.103. The van der Waals surface area contributed by atoms with Gasteiger partial charge in [-0.1, -0.05) is 12.1 Å². The second-order valence-corrected chi connectivity index (χ2v) is 6.95. The molecule has 0 aliphatic carbocycles. The number of carbonyl (C=O) groups is 2. The highest BCUT2D eigenvalue weighted by Gasteiger charge is 2.10. The molecule has 0 aliphatic heterocycles. The van der Waals surface area contributed by atoms with Crippen molar-refractivity contribution in [2.75, 3.05) is 24.9 Å². The summed E-state index contributed by atoms with van der Waals surface area (Å²) in [5.41, 5.74) is 1.94. The Bertz CT molecular complexity index is 989.